The number of nitrogens with zero attached hydrogens (tertiary/aromatic N) is 3. The minimum Gasteiger partial charge on any atom is -0.508 e. The zero-order valence-electron chi connectivity index (χ0n) is 12.6. The van der Waals surface area contributed by atoms with Crippen molar-refractivity contribution in [3.8, 4) is 16.9 Å². The molecule has 118 valence electrons. The molecular formula is C16H16N4O3. The summed E-state index contributed by atoms with van der Waals surface area (Å²) in [6.07, 6.45) is 4.89. The van der Waals surface area contributed by atoms with Crippen LogP contribution in [0.2, 0.25) is 0 Å². The summed E-state index contributed by atoms with van der Waals surface area (Å²) < 4.78 is 6.63. The first-order chi connectivity index (χ1) is 11.2. The monoisotopic (exact) mass is 312 g/mol. The van der Waals surface area contributed by atoms with Gasteiger partial charge in [-0.15, -0.1) is 0 Å². The molecule has 0 saturated heterocycles. The van der Waals surface area contributed by atoms with E-state index in [1.54, 1.807) is 35.3 Å². The number of hydrogen-bond donors (Lipinski definition) is 2. The molecule has 7 heteroatoms. The van der Waals surface area contributed by atoms with Gasteiger partial charge in [-0.1, -0.05) is 0 Å². The van der Waals surface area contributed by atoms with E-state index < -0.39 is 6.09 Å². The number of aromatic hydroxyl groups is 1. The van der Waals surface area contributed by atoms with E-state index in [1.807, 2.05) is 12.3 Å². The number of rotatable bonds is 4. The average molecular weight is 312 g/mol. The molecule has 23 heavy (non-hydrogen) atoms. The number of pyridine rings is 1. The molecule has 2 heterocycles. The van der Waals surface area contributed by atoms with E-state index in [0.717, 1.165) is 22.0 Å². The van der Waals surface area contributed by atoms with Crippen LogP contribution in [0.15, 0.2) is 42.9 Å². The second kappa shape index (κ2) is 6.35. The van der Waals surface area contributed by atoms with Crippen LogP contribution in [-0.4, -0.2) is 39.6 Å². The third-order valence-corrected chi connectivity index (χ3v) is 3.39. The maximum atomic E-state index is 11.0. The molecule has 0 fully saturated rings. The fourth-order valence-electron chi connectivity index (χ4n) is 2.22. The molecule has 3 aromatic rings. The predicted molar refractivity (Wildman–Crippen MR) is 85.0 cm³/mol. The van der Waals surface area contributed by atoms with Crippen LogP contribution in [0.1, 0.15) is 0 Å². The van der Waals surface area contributed by atoms with Crippen LogP contribution in [0.4, 0.5) is 4.79 Å². The lowest BCUT2D eigenvalue weighted by atomic mass is 10.1. The Bertz CT molecular complexity index is 844. The quantitative estimate of drug-likeness (QED) is 0.770. The first-order valence-corrected chi connectivity index (χ1v) is 7.12. The zero-order chi connectivity index (χ0) is 16.2. The molecule has 2 N–H and O–H groups in total. The van der Waals surface area contributed by atoms with Crippen LogP contribution in [0.3, 0.4) is 0 Å². The first kappa shape index (κ1) is 14.8. The number of fused-ring (bicyclic) bond motifs is 1. The summed E-state index contributed by atoms with van der Waals surface area (Å²) in [5.41, 5.74) is 2.63. The number of nitrogens with one attached hydrogen (secondary N) is 1. The van der Waals surface area contributed by atoms with Gasteiger partial charge in [-0.2, -0.15) is 5.10 Å². The molecule has 0 bridgehead atoms. The molecule has 0 aliphatic rings. The van der Waals surface area contributed by atoms with Gasteiger partial charge in [-0.3, -0.25) is 9.67 Å². The topological polar surface area (TPSA) is 89.3 Å². The van der Waals surface area contributed by atoms with E-state index >= 15 is 0 Å². The number of carbonyl (C=O) groups is 1. The Morgan fingerprint density at radius 2 is 2.17 bits per heavy atom. The molecule has 0 atom stereocenters. The van der Waals surface area contributed by atoms with Gasteiger partial charge in [-0.25, -0.2) is 4.79 Å². The third-order valence-electron chi connectivity index (χ3n) is 3.39. The standard InChI is InChI=1S/C16H16N4O3/c1-17-16(22)23-5-4-20-10-13(9-19-20)12-6-11-7-14(21)2-3-15(11)18-8-12/h2-3,6-10,21H,4-5H2,1H3,(H,17,22). The van der Waals surface area contributed by atoms with E-state index in [1.165, 1.54) is 7.05 Å². The summed E-state index contributed by atoms with van der Waals surface area (Å²) in [5.74, 6) is 0.207. The van der Waals surface area contributed by atoms with Gasteiger partial charge in [0, 0.05) is 36.0 Å². The number of aromatic nitrogens is 3. The van der Waals surface area contributed by atoms with Gasteiger partial charge in [0.2, 0.25) is 0 Å². The molecule has 1 amide bonds. The normalized spacial score (nSPS) is 10.7. The fraction of sp³-hybridized carbons (Fsp3) is 0.188. The molecule has 0 spiro atoms. The maximum Gasteiger partial charge on any atom is 0.406 e. The number of phenolic OH excluding ortho intramolecular Hbond substituents is 1. The molecule has 0 saturated carbocycles. The van der Waals surface area contributed by atoms with E-state index in [2.05, 4.69) is 15.4 Å². The van der Waals surface area contributed by atoms with Gasteiger partial charge < -0.3 is 15.2 Å². The number of ether oxygens (including phenoxy) is 1. The third kappa shape index (κ3) is 3.39. The Balaban J connectivity index is 1.76. The van der Waals surface area contributed by atoms with Crippen molar-refractivity contribution >= 4 is 17.0 Å². The van der Waals surface area contributed by atoms with Crippen molar-refractivity contribution in [3.05, 3.63) is 42.9 Å². The minimum absolute atomic E-state index is 0.207. The number of benzene rings is 1. The smallest absolute Gasteiger partial charge is 0.406 e. The van der Waals surface area contributed by atoms with Crippen molar-refractivity contribution in [1.29, 1.82) is 0 Å². The lowest BCUT2D eigenvalue weighted by molar-refractivity contribution is 0.143. The molecule has 0 unspecified atom stereocenters. The lowest BCUT2D eigenvalue weighted by Crippen LogP contribution is -2.21. The molecule has 7 nitrogen and oxygen atoms in total. The number of alkyl carbamates (subject to hydrolysis) is 1. The average Bonchev–Trinajstić information content (AvgIpc) is 3.02. The molecule has 0 radical (unpaired) electrons. The fourth-order valence-corrected chi connectivity index (χ4v) is 2.22. The Kier molecular flexibility index (Phi) is 4.09. The van der Waals surface area contributed by atoms with Crippen molar-refractivity contribution in [2.45, 2.75) is 6.54 Å². The van der Waals surface area contributed by atoms with Crippen LogP contribution in [-0.2, 0) is 11.3 Å². The minimum atomic E-state index is -0.462. The highest BCUT2D eigenvalue weighted by Gasteiger charge is 2.05. The Morgan fingerprint density at radius 1 is 1.30 bits per heavy atom. The largest absolute Gasteiger partial charge is 0.508 e. The number of amides is 1. The van der Waals surface area contributed by atoms with E-state index in [-0.39, 0.29) is 12.4 Å². The second-order valence-electron chi connectivity index (χ2n) is 4.98. The Labute approximate surface area is 132 Å². The SMILES string of the molecule is CNC(=O)OCCn1cc(-c2cnc3ccc(O)cc3c2)cn1. The van der Waals surface area contributed by atoms with Crippen molar-refractivity contribution in [3.63, 3.8) is 0 Å². The van der Waals surface area contributed by atoms with E-state index in [0.29, 0.717) is 6.54 Å². The highest BCUT2D eigenvalue weighted by atomic mass is 16.5. The molecule has 0 aliphatic heterocycles. The summed E-state index contributed by atoms with van der Waals surface area (Å²) in [6, 6.07) is 7.01. The summed E-state index contributed by atoms with van der Waals surface area (Å²) in [4.78, 5) is 15.4. The van der Waals surface area contributed by atoms with Crippen LogP contribution in [0, 0.1) is 0 Å². The number of phenols is 1. The molecule has 2 aromatic heterocycles. The van der Waals surface area contributed by atoms with Crippen molar-refractivity contribution in [1.82, 2.24) is 20.1 Å². The van der Waals surface area contributed by atoms with E-state index in [4.69, 9.17) is 4.74 Å². The maximum absolute atomic E-state index is 11.0. The van der Waals surface area contributed by atoms with Crippen molar-refractivity contribution in [2.75, 3.05) is 13.7 Å². The number of carbonyl (C=O) groups excluding carboxylic acids is 1. The highest BCUT2D eigenvalue weighted by Crippen LogP contribution is 2.24. The van der Waals surface area contributed by atoms with Gasteiger partial charge in [0.05, 0.1) is 18.3 Å². The van der Waals surface area contributed by atoms with Crippen molar-refractivity contribution < 1.29 is 14.6 Å². The summed E-state index contributed by atoms with van der Waals surface area (Å²) >= 11 is 0. The van der Waals surface area contributed by atoms with Gasteiger partial charge in [0.25, 0.3) is 0 Å². The van der Waals surface area contributed by atoms with Gasteiger partial charge in [0.1, 0.15) is 12.4 Å². The molecule has 1 aromatic carbocycles. The highest BCUT2D eigenvalue weighted by molar-refractivity contribution is 5.84. The van der Waals surface area contributed by atoms with Gasteiger partial charge in [-0.05, 0) is 24.3 Å². The Hall–Kier alpha value is -3.09. The summed E-state index contributed by atoms with van der Waals surface area (Å²) in [5, 5.41) is 17.1. The number of hydrogen-bond acceptors (Lipinski definition) is 5. The van der Waals surface area contributed by atoms with Gasteiger partial charge >= 0.3 is 6.09 Å². The van der Waals surface area contributed by atoms with Crippen molar-refractivity contribution in [2.24, 2.45) is 0 Å². The van der Waals surface area contributed by atoms with Crippen LogP contribution < -0.4 is 5.32 Å². The second-order valence-corrected chi connectivity index (χ2v) is 4.98. The van der Waals surface area contributed by atoms with Crippen LogP contribution in [0.5, 0.6) is 5.75 Å². The first-order valence-electron chi connectivity index (χ1n) is 7.12. The van der Waals surface area contributed by atoms with Crippen LogP contribution >= 0.6 is 0 Å². The predicted octanol–water partition coefficient (Wildman–Crippen LogP) is 2.16. The molecular weight excluding hydrogens is 296 g/mol. The molecule has 3 rings (SSSR count). The van der Waals surface area contributed by atoms with Crippen LogP contribution in [0.25, 0.3) is 22.0 Å². The summed E-state index contributed by atoms with van der Waals surface area (Å²) in [6.45, 7) is 0.708. The van der Waals surface area contributed by atoms with Gasteiger partial charge in [0.15, 0.2) is 0 Å². The summed E-state index contributed by atoms with van der Waals surface area (Å²) in [7, 11) is 1.51. The zero-order valence-corrected chi connectivity index (χ0v) is 12.6. The molecule has 0 aliphatic carbocycles. The Morgan fingerprint density at radius 3 is 3.00 bits per heavy atom. The van der Waals surface area contributed by atoms with E-state index in [9.17, 15) is 9.90 Å². The lowest BCUT2D eigenvalue weighted by Gasteiger charge is -2.04.